The molecule has 2 rings (SSSR count). The van der Waals surface area contributed by atoms with Crippen LogP contribution >= 0.6 is 0 Å². The standard InChI is InChI=1S/C11H13N3/c1-8-3-4-11(14-5-8)10-6-12-9(2)13-7-10/h3-7,9,12H,1-2H3. The first-order valence-corrected chi connectivity index (χ1v) is 4.68. The van der Waals surface area contributed by atoms with Gasteiger partial charge in [-0.25, -0.2) is 0 Å². The largest absolute Gasteiger partial charge is 0.369 e. The minimum Gasteiger partial charge on any atom is -0.369 e. The third kappa shape index (κ3) is 1.82. The Hall–Kier alpha value is -1.64. The van der Waals surface area contributed by atoms with Crippen LogP contribution in [-0.4, -0.2) is 17.4 Å². The first-order chi connectivity index (χ1) is 6.75. The second-order valence-corrected chi connectivity index (χ2v) is 3.44. The number of allylic oxidation sites excluding steroid dienone is 1. The maximum atomic E-state index is 4.33. The van der Waals surface area contributed by atoms with Crippen LogP contribution in [0, 0.1) is 6.92 Å². The average molecular weight is 187 g/mol. The molecule has 1 aromatic rings. The van der Waals surface area contributed by atoms with Crippen LogP contribution in [0.5, 0.6) is 0 Å². The van der Waals surface area contributed by atoms with E-state index in [1.165, 1.54) is 5.56 Å². The van der Waals surface area contributed by atoms with E-state index in [2.05, 4.69) is 21.4 Å². The summed E-state index contributed by atoms with van der Waals surface area (Å²) in [6.07, 6.45) is 5.85. The van der Waals surface area contributed by atoms with Gasteiger partial charge in [-0.3, -0.25) is 9.98 Å². The fourth-order valence-corrected chi connectivity index (χ4v) is 1.26. The molecular weight excluding hydrogens is 174 g/mol. The van der Waals surface area contributed by atoms with Gasteiger partial charge in [0, 0.05) is 24.2 Å². The molecule has 1 unspecified atom stereocenters. The van der Waals surface area contributed by atoms with Crippen LogP contribution in [0.1, 0.15) is 18.2 Å². The molecule has 2 heterocycles. The lowest BCUT2D eigenvalue weighted by Crippen LogP contribution is -2.22. The fraction of sp³-hybridized carbons (Fsp3) is 0.273. The van der Waals surface area contributed by atoms with Gasteiger partial charge < -0.3 is 5.32 Å². The number of rotatable bonds is 1. The Balaban J connectivity index is 2.24. The molecule has 0 amide bonds. The van der Waals surface area contributed by atoms with Crippen molar-refractivity contribution in [2.45, 2.75) is 20.0 Å². The van der Waals surface area contributed by atoms with Gasteiger partial charge in [0.2, 0.25) is 0 Å². The first kappa shape index (κ1) is 8.94. The molecule has 0 fully saturated rings. The van der Waals surface area contributed by atoms with Gasteiger partial charge >= 0.3 is 0 Å². The number of nitrogens with zero attached hydrogens (tertiary/aromatic N) is 2. The number of pyridine rings is 1. The van der Waals surface area contributed by atoms with E-state index in [1.54, 1.807) is 0 Å². The Morgan fingerprint density at radius 2 is 2.21 bits per heavy atom. The van der Waals surface area contributed by atoms with Crippen molar-refractivity contribution in [3.05, 3.63) is 35.8 Å². The van der Waals surface area contributed by atoms with Gasteiger partial charge in [0.1, 0.15) is 6.17 Å². The highest BCUT2D eigenvalue weighted by Gasteiger charge is 2.05. The van der Waals surface area contributed by atoms with Gasteiger partial charge in [-0.1, -0.05) is 6.07 Å². The number of aromatic nitrogens is 1. The zero-order valence-corrected chi connectivity index (χ0v) is 8.36. The highest BCUT2D eigenvalue weighted by molar-refractivity contribution is 6.09. The minimum absolute atomic E-state index is 0.171. The van der Waals surface area contributed by atoms with Crippen molar-refractivity contribution in [2.75, 3.05) is 0 Å². The minimum atomic E-state index is 0.171. The van der Waals surface area contributed by atoms with Gasteiger partial charge in [0.15, 0.2) is 0 Å². The zero-order valence-electron chi connectivity index (χ0n) is 8.36. The molecule has 1 aliphatic rings. The molecule has 0 spiro atoms. The van der Waals surface area contributed by atoms with Gasteiger partial charge in [0.25, 0.3) is 0 Å². The predicted molar refractivity (Wildman–Crippen MR) is 58.0 cm³/mol. The normalized spacial score (nSPS) is 20.1. The second-order valence-electron chi connectivity index (χ2n) is 3.44. The highest BCUT2D eigenvalue weighted by atomic mass is 15.1. The number of nitrogens with one attached hydrogen (secondary N) is 1. The Labute approximate surface area is 83.6 Å². The van der Waals surface area contributed by atoms with Gasteiger partial charge in [-0.05, 0) is 25.5 Å². The van der Waals surface area contributed by atoms with E-state index in [-0.39, 0.29) is 6.17 Å². The van der Waals surface area contributed by atoms with Crippen LogP contribution in [0.4, 0.5) is 0 Å². The number of hydrogen-bond acceptors (Lipinski definition) is 3. The number of aryl methyl sites for hydroxylation is 1. The summed E-state index contributed by atoms with van der Waals surface area (Å²) in [6, 6.07) is 4.06. The molecule has 0 saturated heterocycles. The third-order valence-electron chi connectivity index (χ3n) is 2.12. The summed E-state index contributed by atoms with van der Waals surface area (Å²) in [4.78, 5) is 8.59. The highest BCUT2D eigenvalue weighted by Crippen LogP contribution is 2.11. The Bertz CT molecular complexity index is 376. The lowest BCUT2D eigenvalue weighted by molar-refractivity contribution is 0.671. The smallest absolute Gasteiger partial charge is 0.115 e. The van der Waals surface area contributed by atoms with Crippen LogP contribution in [0.2, 0.25) is 0 Å². The van der Waals surface area contributed by atoms with Crippen molar-refractivity contribution in [2.24, 2.45) is 4.99 Å². The molecule has 0 saturated carbocycles. The molecule has 1 aliphatic heterocycles. The molecule has 3 nitrogen and oxygen atoms in total. The molecule has 1 aromatic heterocycles. The van der Waals surface area contributed by atoms with E-state index < -0.39 is 0 Å². The van der Waals surface area contributed by atoms with Crippen molar-refractivity contribution in [1.29, 1.82) is 0 Å². The molecular formula is C11H13N3. The number of hydrogen-bond donors (Lipinski definition) is 1. The fourth-order valence-electron chi connectivity index (χ4n) is 1.26. The molecule has 72 valence electrons. The van der Waals surface area contributed by atoms with Crippen LogP contribution in [0.25, 0.3) is 5.57 Å². The Kier molecular flexibility index (Phi) is 2.31. The van der Waals surface area contributed by atoms with Crippen LogP contribution < -0.4 is 5.32 Å². The first-order valence-electron chi connectivity index (χ1n) is 4.68. The summed E-state index contributed by atoms with van der Waals surface area (Å²) in [6.45, 7) is 4.03. The molecule has 0 aromatic carbocycles. The lowest BCUT2D eigenvalue weighted by atomic mass is 10.1. The van der Waals surface area contributed by atoms with Gasteiger partial charge in [-0.2, -0.15) is 0 Å². The Morgan fingerprint density at radius 1 is 1.36 bits per heavy atom. The molecule has 0 radical (unpaired) electrons. The molecule has 1 atom stereocenters. The average Bonchev–Trinajstić information content (AvgIpc) is 2.21. The van der Waals surface area contributed by atoms with E-state index in [1.807, 2.05) is 38.5 Å². The summed E-state index contributed by atoms with van der Waals surface area (Å²) >= 11 is 0. The molecule has 0 bridgehead atoms. The summed E-state index contributed by atoms with van der Waals surface area (Å²) in [5, 5.41) is 3.15. The van der Waals surface area contributed by atoms with E-state index in [9.17, 15) is 0 Å². The van der Waals surface area contributed by atoms with E-state index in [0.29, 0.717) is 0 Å². The van der Waals surface area contributed by atoms with E-state index in [0.717, 1.165) is 11.3 Å². The van der Waals surface area contributed by atoms with E-state index in [4.69, 9.17) is 0 Å². The maximum Gasteiger partial charge on any atom is 0.115 e. The van der Waals surface area contributed by atoms with Crippen molar-refractivity contribution in [3.8, 4) is 0 Å². The van der Waals surface area contributed by atoms with Crippen LogP contribution in [0.15, 0.2) is 29.5 Å². The monoisotopic (exact) mass is 187 g/mol. The zero-order chi connectivity index (χ0) is 9.97. The summed E-state index contributed by atoms with van der Waals surface area (Å²) < 4.78 is 0. The SMILES string of the molecule is Cc1ccc(C2=CNC(C)N=C2)nc1. The van der Waals surface area contributed by atoms with Gasteiger partial charge in [0.05, 0.1) is 5.69 Å². The molecule has 1 N–H and O–H groups in total. The second kappa shape index (κ2) is 3.62. The van der Waals surface area contributed by atoms with Crippen molar-refractivity contribution >= 4 is 11.8 Å². The number of aliphatic imine (C=N–C) groups is 1. The third-order valence-corrected chi connectivity index (χ3v) is 2.12. The van der Waals surface area contributed by atoms with Crippen molar-refractivity contribution in [3.63, 3.8) is 0 Å². The molecule has 3 heteroatoms. The van der Waals surface area contributed by atoms with E-state index >= 15 is 0 Å². The van der Waals surface area contributed by atoms with Crippen molar-refractivity contribution < 1.29 is 0 Å². The quantitative estimate of drug-likeness (QED) is 0.727. The Morgan fingerprint density at radius 3 is 2.79 bits per heavy atom. The molecule has 0 aliphatic carbocycles. The predicted octanol–water partition coefficient (Wildman–Crippen LogP) is 1.75. The van der Waals surface area contributed by atoms with Crippen molar-refractivity contribution in [1.82, 2.24) is 10.3 Å². The topological polar surface area (TPSA) is 37.3 Å². The van der Waals surface area contributed by atoms with Gasteiger partial charge in [-0.15, -0.1) is 0 Å². The summed E-state index contributed by atoms with van der Waals surface area (Å²) in [5.41, 5.74) is 3.16. The lowest BCUT2D eigenvalue weighted by Gasteiger charge is -2.13. The molecule has 14 heavy (non-hydrogen) atoms. The van der Waals surface area contributed by atoms with Crippen LogP contribution in [-0.2, 0) is 0 Å². The summed E-state index contributed by atoms with van der Waals surface area (Å²) in [7, 11) is 0. The van der Waals surface area contributed by atoms with Crippen LogP contribution in [0.3, 0.4) is 0 Å². The maximum absolute atomic E-state index is 4.33. The summed E-state index contributed by atoms with van der Waals surface area (Å²) in [5.74, 6) is 0.